The first kappa shape index (κ1) is 20.1. The lowest BCUT2D eigenvalue weighted by Crippen LogP contribution is -2.38. The standard InChI is InChI=1S/C20H30N2O4S/c1-26-19-9-8-17(27(2,24)25)12-18(19)20(23)21-16-10-11-22(14-16)13-15-6-4-3-5-7-15/h8-9,12,15-16H,3-7,10-11,13-14H2,1-2H3,(H,21,23). The molecule has 2 aliphatic rings. The third-order valence-electron chi connectivity index (χ3n) is 5.69. The number of nitrogens with zero attached hydrogens (tertiary/aromatic N) is 1. The first-order valence-corrected chi connectivity index (χ1v) is 11.7. The first-order chi connectivity index (χ1) is 12.9. The number of carbonyl (C=O) groups is 1. The maximum Gasteiger partial charge on any atom is 0.255 e. The fourth-order valence-electron chi connectivity index (χ4n) is 4.21. The summed E-state index contributed by atoms with van der Waals surface area (Å²) in [5.74, 6) is 0.901. The molecule has 7 heteroatoms. The van der Waals surface area contributed by atoms with Gasteiger partial charge < -0.3 is 15.0 Å². The minimum atomic E-state index is -3.38. The third-order valence-corrected chi connectivity index (χ3v) is 6.80. The predicted molar refractivity (Wildman–Crippen MR) is 105 cm³/mol. The van der Waals surface area contributed by atoms with Crippen LogP contribution in [-0.4, -0.2) is 58.3 Å². The van der Waals surface area contributed by atoms with Gasteiger partial charge in [-0.1, -0.05) is 19.3 Å². The van der Waals surface area contributed by atoms with Crippen molar-refractivity contribution in [1.29, 1.82) is 0 Å². The summed E-state index contributed by atoms with van der Waals surface area (Å²) in [6.07, 6.45) is 8.75. The normalized spacial score (nSPS) is 21.9. The van der Waals surface area contributed by atoms with Crippen molar-refractivity contribution in [3.05, 3.63) is 23.8 Å². The zero-order valence-electron chi connectivity index (χ0n) is 16.2. The Hall–Kier alpha value is -1.60. The summed E-state index contributed by atoms with van der Waals surface area (Å²) in [5.41, 5.74) is 0.270. The van der Waals surface area contributed by atoms with Gasteiger partial charge in [0.05, 0.1) is 17.6 Å². The quantitative estimate of drug-likeness (QED) is 0.802. The van der Waals surface area contributed by atoms with Gasteiger partial charge >= 0.3 is 0 Å². The van der Waals surface area contributed by atoms with E-state index in [0.29, 0.717) is 5.75 Å². The average molecular weight is 395 g/mol. The average Bonchev–Trinajstić information content (AvgIpc) is 3.08. The molecule has 0 aromatic heterocycles. The molecule has 1 aliphatic carbocycles. The Bertz CT molecular complexity index is 772. The molecular weight excluding hydrogens is 364 g/mol. The monoisotopic (exact) mass is 394 g/mol. The van der Waals surface area contributed by atoms with E-state index in [1.807, 2.05) is 0 Å². The summed E-state index contributed by atoms with van der Waals surface area (Å²) in [6, 6.07) is 4.49. The summed E-state index contributed by atoms with van der Waals surface area (Å²) < 4.78 is 28.9. The minimum absolute atomic E-state index is 0.0905. The highest BCUT2D eigenvalue weighted by Crippen LogP contribution is 2.26. The van der Waals surface area contributed by atoms with Crippen LogP contribution in [0.25, 0.3) is 0 Å². The largest absolute Gasteiger partial charge is 0.496 e. The number of carbonyl (C=O) groups excluding carboxylic acids is 1. The second kappa shape index (κ2) is 8.61. The van der Waals surface area contributed by atoms with Crippen LogP contribution in [0.3, 0.4) is 0 Å². The Morgan fingerprint density at radius 3 is 2.63 bits per heavy atom. The summed E-state index contributed by atoms with van der Waals surface area (Å²) in [4.78, 5) is 15.3. The van der Waals surface area contributed by atoms with Gasteiger partial charge in [0.1, 0.15) is 5.75 Å². The van der Waals surface area contributed by atoms with Crippen LogP contribution in [0.4, 0.5) is 0 Å². The molecule has 1 unspecified atom stereocenters. The van der Waals surface area contributed by atoms with E-state index in [0.717, 1.165) is 38.2 Å². The second-order valence-electron chi connectivity index (χ2n) is 7.86. The van der Waals surface area contributed by atoms with E-state index >= 15 is 0 Å². The van der Waals surface area contributed by atoms with Crippen LogP contribution >= 0.6 is 0 Å². The van der Waals surface area contributed by atoms with Crippen LogP contribution in [0.2, 0.25) is 0 Å². The van der Waals surface area contributed by atoms with E-state index in [1.165, 1.54) is 57.4 Å². The molecular formula is C20H30N2O4S. The SMILES string of the molecule is COc1ccc(S(C)(=O)=O)cc1C(=O)NC1CCN(CC2CCCCC2)C1. The van der Waals surface area contributed by atoms with Gasteiger partial charge in [0.25, 0.3) is 5.91 Å². The van der Waals surface area contributed by atoms with Crippen molar-refractivity contribution in [3.63, 3.8) is 0 Å². The molecule has 27 heavy (non-hydrogen) atoms. The highest BCUT2D eigenvalue weighted by molar-refractivity contribution is 7.90. The highest BCUT2D eigenvalue weighted by Gasteiger charge is 2.27. The number of benzene rings is 1. The van der Waals surface area contributed by atoms with Gasteiger partial charge in [0.2, 0.25) is 0 Å². The van der Waals surface area contributed by atoms with Crippen molar-refractivity contribution in [1.82, 2.24) is 10.2 Å². The van der Waals surface area contributed by atoms with Gasteiger partial charge in [-0.15, -0.1) is 0 Å². The van der Waals surface area contributed by atoms with Crippen molar-refractivity contribution in [2.24, 2.45) is 5.92 Å². The zero-order valence-corrected chi connectivity index (χ0v) is 17.1. The number of rotatable bonds is 6. The second-order valence-corrected chi connectivity index (χ2v) is 9.87. The molecule has 150 valence electrons. The molecule has 1 heterocycles. The third kappa shape index (κ3) is 5.23. The van der Waals surface area contributed by atoms with Crippen LogP contribution < -0.4 is 10.1 Å². The molecule has 6 nitrogen and oxygen atoms in total. The van der Waals surface area contributed by atoms with Crippen LogP contribution in [-0.2, 0) is 9.84 Å². The molecule has 1 atom stereocenters. The number of ether oxygens (including phenoxy) is 1. The lowest BCUT2D eigenvalue weighted by Gasteiger charge is -2.26. The Morgan fingerprint density at radius 2 is 1.96 bits per heavy atom. The number of methoxy groups -OCH3 is 1. The summed E-state index contributed by atoms with van der Waals surface area (Å²) in [7, 11) is -1.90. The number of sulfone groups is 1. The molecule has 1 saturated carbocycles. The van der Waals surface area contributed by atoms with E-state index in [9.17, 15) is 13.2 Å². The fourth-order valence-corrected chi connectivity index (χ4v) is 4.86. The van der Waals surface area contributed by atoms with Gasteiger partial charge in [-0.3, -0.25) is 4.79 Å². The molecule has 1 N–H and O–H groups in total. The minimum Gasteiger partial charge on any atom is -0.496 e. The molecule has 0 radical (unpaired) electrons. The molecule has 1 amide bonds. The molecule has 1 aromatic carbocycles. The van der Waals surface area contributed by atoms with Gasteiger partial charge in [0.15, 0.2) is 9.84 Å². The number of hydrogen-bond acceptors (Lipinski definition) is 5. The maximum atomic E-state index is 12.8. The van der Waals surface area contributed by atoms with Crippen LogP contribution in [0.15, 0.2) is 23.1 Å². The van der Waals surface area contributed by atoms with Crippen LogP contribution in [0.1, 0.15) is 48.9 Å². The highest BCUT2D eigenvalue weighted by atomic mass is 32.2. The van der Waals surface area contributed by atoms with E-state index in [4.69, 9.17) is 4.74 Å². The Kier molecular flexibility index (Phi) is 6.42. The molecule has 0 bridgehead atoms. The van der Waals surface area contributed by atoms with Crippen molar-refractivity contribution in [2.45, 2.75) is 49.5 Å². The lowest BCUT2D eigenvalue weighted by molar-refractivity contribution is 0.0933. The Balaban J connectivity index is 1.62. The molecule has 1 aromatic rings. The van der Waals surface area contributed by atoms with Gasteiger partial charge in [0, 0.05) is 31.9 Å². The molecule has 3 rings (SSSR count). The maximum absolute atomic E-state index is 12.8. The summed E-state index contributed by atoms with van der Waals surface area (Å²) in [5, 5.41) is 3.06. The summed E-state index contributed by atoms with van der Waals surface area (Å²) >= 11 is 0. The molecule has 0 spiro atoms. The van der Waals surface area contributed by atoms with Crippen molar-refractivity contribution in [3.8, 4) is 5.75 Å². The molecule has 1 aliphatic heterocycles. The predicted octanol–water partition coefficient (Wildman–Crippen LogP) is 2.48. The smallest absolute Gasteiger partial charge is 0.255 e. The Labute approximate surface area is 162 Å². The fraction of sp³-hybridized carbons (Fsp3) is 0.650. The van der Waals surface area contributed by atoms with Crippen molar-refractivity contribution in [2.75, 3.05) is 33.0 Å². The topological polar surface area (TPSA) is 75.7 Å². The van der Waals surface area contributed by atoms with Crippen LogP contribution in [0.5, 0.6) is 5.75 Å². The lowest BCUT2D eigenvalue weighted by atomic mass is 9.89. The van der Waals surface area contributed by atoms with E-state index in [2.05, 4.69) is 10.2 Å². The summed E-state index contributed by atoms with van der Waals surface area (Å²) in [6.45, 7) is 2.98. The van der Waals surface area contributed by atoms with Crippen molar-refractivity contribution < 1.29 is 17.9 Å². The first-order valence-electron chi connectivity index (χ1n) is 9.78. The van der Waals surface area contributed by atoms with Crippen molar-refractivity contribution >= 4 is 15.7 Å². The number of hydrogen-bond donors (Lipinski definition) is 1. The van der Waals surface area contributed by atoms with Gasteiger partial charge in [-0.05, 0) is 43.4 Å². The van der Waals surface area contributed by atoms with E-state index < -0.39 is 9.84 Å². The van der Waals surface area contributed by atoms with E-state index in [-0.39, 0.29) is 22.4 Å². The number of amides is 1. The van der Waals surface area contributed by atoms with Crippen LogP contribution in [0, 0.1) is 5.92 Å². The Morgan fingerprint density at radius 1 is 1.22 bits per heavy atom. The molecule has 2 fully saturated rings. The number of likely N-dealkylation sites (tertiary alicyclic amines) is 1. The molecule has 1 saturated heterocycles. The van der Waals surface area contributed by atoms with Gasteiger partial charge in [-0.25, -0.2) is 8.42 Å². The zero-order chi connectivity index (χ0) is 19.4. The van der Waals surface area contributed by atoms with Gasteiger partial charge in [-0.2, -0.15) is 0 Å². The van der Waals surface area contributed by atoms with E-state index in [1.54, 1.807) is 0 Å². The number of nitrogens with one attached hydrogen (secondary N) is 1.